The monoisotopic (exact) mass is 323 g/mol. The highest BCUT2D eigenvalue weighted by molar-refractivity contribution is 7.14. The Morgan fingerprint density at radius 2 is 2.24 bits per heavy atom. The summed E-state index contributed by atoms with van der Waals surface area (Å²) >= 11 is 2.72. The number of thiophene rings is 1. The minimum Gasteiger partial charge on any atom is -0.477 e. The number of hydrogen-bond acceptors (Lipinski definition) is 6. The van der Waals surface area contributed by atoms with Gasteiger partial charge in [-0.05, 0) is 12.1 Å². The van der Waals surface area contributed by atoms with Gasteiger partial charge in [0.1, 0.15) is 4.88 Å². The van der Waals surface area contributed by atoms with Gasteiger partial charge in [-0.15, -0.1) is 22.7 Å². The van der Waals surface area contributed by atoms with Crippen LogP contribution in [0.2, 0.25) is 0 Å². The number of carboxylic acid groups (broad SMARTS) is 1. The van der Waals surface area contributed by atoms with Crippen LogP contribution in [0, 0.1) is 0 Å². The van der Waals surface area contributed by atoms with Gasteiger partial charge in [-0.25, -0.2) is 9.78 Å². The molecule has 0 radical (unpaired) electrons. The summed E-state index contributed by atoms with van der Waals surface area (Å²) < 4.78 is 0. The lowest BCUT2D eigenvalue weighted by Crippen LogP contribution is -2.50. The molecule has 2 aromatic rings. The van der Waals surface area contributed by atoms with Crippen LogP contribution in [0.5, 0.6) is 0 Å². The number of aromatic nitrogens is 1. The van der Waals surface area contributed by atoms with E-state index >= 15 is 0 Å². The van der Waals surface area contributed by atoms with Crippen molar-refractivity contribution in [2.24, 2.45) is 0 Å². The van der Waals surface area contributed by atoms with Crippen LogP contribution in [0.4, 0.5) is 5.13 Å². The number of carbonyl (C=O) groups is 2. The van der Waals surface area contributed by atoms with Gasteiger partial charge < -0.3 is 5.11 Å². The van der Waals surface area contributed by atoms with Gasteiger partial charge in [0.25, 0.3) is 0 Å². The Balaban J connectivity index is 1.62. The van der Waals surface area contributed by atoms with Crippen LogP contribution >= 0.6 is 22.7 Å². The van der Waals surface area contributed by atoms with Gasteiger partial charge in [-0.1, -0.05) is 0 Å². The smallest absolute Gasteiger partial charge is 0.345 e. The fraction of sp³-hybridized carbons (Fsp3) is 0.308. The molecule has 0 aliphatic carbocycles. The van der Waals surface area contributed by atoms with E-state index in [1.807, 2.05) is 16.3 Å². The Bertz CT molecular complexity index is 653. The zero-order chi connectivity index (χ0) is 14.8. The first-order chi connectivity index (χ1) is 10.1. The molecule has 1 aliphatic heterocycles. The molecule has 0 bridgehead atoms. The average molecular weight is 323 g/mol. The third-order valence-electron chi connectivity index (χ3n) is 3.20. The molecule has 0 aromatic carbocycles. The zero-order valence-corrected chi connectivity index (χ0v) is 12.7. The second kappa shape index (κ2) is 5.92. The van der Waals surface area contributed by atoms with Crippen LogP contribution in [-0.2, 0) is 11.3 Å². The second-order valence-electron chi connectivity index (χ2n) is 4.64. The van der Waals surface area contributed by atoms with Crippen LogP contribution in [0.25, 0.3) is 0 Å². The predicted molar refractivity (Wildman–Crippen MR) is 81.0 cm³/mol. The van der Waals surface area contributed by atoms with Crippen molar-refractivity contribution < 1.29 is 14.7 Å². The summed E-state index contributed by atoms with van der Waals surface area (Å²) in [5.74, 6) is -0.873. The van der Waals surface area contributed by atoms with Crippen LogP contribution in [0.15, 0.2) is 23.7 Å². The number of thiazole rings is 1. The first-order valence-corrected chi connectivity index (χ1v) is 8.07. The molecule has 0 spiro atoms. The summed E-state index contributed by atoms with van der Waals surface area (Å²) in [4.78, 5) is 32.2. The van der Waals surface area contributed by atoms with Gasteiger partial charge in [-0.3, -0.25) is 14.6 Å². The first-order valence-electron chi connectivity index (χ1n) is 6.37. The standard InChI is InChI=1S/C13H13N3O3S2/c17-11-8-15(4-5-16(11)13-14-3-6-20-13)7-9-1-2-10(21-9)12(18)19/h1-3,6H,4-5,7-8H2,(H,18,19). The van der Waals surface area contributed by atoms with E-state index in [2.05, 4.69) is 4.98 Å². The summed E-state index contributed by atoms with van der Waals surface area (Å²) in [6, 6.07) is 3.42. The molecular formula is C13H13N3O3S2. The van der Waals surface area contributed by atoms with Crippen LogP contribution in [0.1, 0.15) is 14.5 Å². The second-order valence-corrected chi connectivity index (χ2v) is 6.68. The summed E-state index contributed by atoms with van der Waals surface area (Å²) in [7, 11) is 0. The van der Waals surface area contributed by atoms with Crippen molar-refractivity contribution in [1.29, 1.82) is 0 Å². The predicted octanol–water partition coefficient (Wildman–Crippen LogP) is 1.75. The molecule has 1 N–H and O–H groups in total. The molecule has 1 saturated heterocycles. The number of carboxylic acids is 1. The molecule has 1 aliphatic rings. The minimum atomic E-state index is -0.907. The summed E-state index contributed by atoms with van der Waals surface area (Å²) in [5, 5.41) is 11.5. The first kappa shape index (κ1) is 14.2. The van der Waals surface area contributed by atoms with E-state index in [-0.39, 0.29) is 5.91 Å². The number of carbonyl (C=O) groups excluding carboxylic acids is 1. The molecule has 0 atom stereocenters. The van der Waals surface area contributed by atoms with Gasteiger partial charge in [0.05, 0.1) is 6.54 Å². The summed E-state index contributed by atoms with van der Waals surface area (Å²) in [6.07, 6.45) is 1.69. The van der Waals surface area contributed by atoms with Crippen molar-refractivity contribution in [2.45, 2.75) is 6.54 Å². The van der Waals surface area contributed by atoms with Crippen molar-refractivity contribution in [3.05, 3.63) is 33.5 Å². The average Bonchev–Trinajstić information content (AvgIpc) is 3.09. The van der Waals surface area contributed by atoms with Crippen molar-refractivity contribution in [1.82, 2.24) is 9.88 Å². The number of nitrogens with zero attached hydrogens (tertiary/aromatic N) is 3. The van der Waals surface area contributed by atoms with Gasteiger partial charge in [0, 0.05) is 36.1 Å². The number of piperazine rings is 1. The highest BCUT2D eigenvalue weighted by Gasteiger charge is 2.26. The molecule has 0 unspecified atom stereocenters. The summed E-state index contributed by atoms with van der Waals surface area (Å²) in [5.41, 5.74) is 0. The SMILES string of the molecule is O=C(O)c1ccc(CN2CCN(c3nccs3)C(=O)C2)s1. The largest absolute Gasteiger partial charge is 0.477 e. The maximum atomic E-state index is 12.2. The number of hydrogen-bond donors (Lipinski definition) is 1. The maximum Gasteiger partial charge on any atom is 0.345 e. The fourth-order valence-corrected chi connectivity index (χ4v) is 3.78. The van der Waals surface area contributed by atoms with Gasteiger partial charge in [0.2, 0.25) is 5.91 Å². The molecule has 2 aromatic heterocycles. The lowest BCUT2D eigenvalue weighted by molar-refractivity contribution is -0.121. The van der Waals surface area contributed by atoms with Crippen molar-refractivity contribution in [2.75, 3.05) is 24.5 Å². The van der Waals surface area contributed by atoms with E-state index < -0.39 is 5.97 Å². The van der Waals surface area contributed by atoms with Crippen molar-refractivity contribution in [3.63, 3.8) is 0 Å². The Labute approximate surface area is 129 Å². The molecule has 0 saturated carbocycles. The zero-order valence-electron chi connectivity index (χ0n) is 11.1. The highest BCUT2D eigenvalue weighted by atomic mass is 32.1. The van der Waals surface area contributed by atoms with E-state index in [1.54, 1.807) is 17.2 Å². The molecule has 110 valence electrons. The van der Waals surface area contributed by atoms with Crippen LogP contribution in [-0.4, -0.2) is 46.5 Å². The van der Waals surface area contributed by atoms with E-state index in [9.17, 15) is 9.59 Å². The number of anilines is 1. The molecule has 6 nitrogen and oxygen atoms in total. The number of amides is 1. The minimum absolute atomic E-state index is 0.0335. The van der Waals surface area contributed by atoms with Crippen LogP contribution < -0.4 is 4.90 Å². The Hall–Kier alpha value is -1.77. The van der Waals surface area contributed by atoms with Crippen molar-refractivity contribution >= 4 is 39.7 Å². The lowest BCUT2D eigenvalue weighted by atomic mass is 10.3. The molecule has 1 amide bonds. The number of rotatable bonds is 4. The van der Waals surface area contributed by atoms with E-state index in [0.29, 0.717) is 24.5 Å². The third-order valence-corrected chi connectivity index (χ3v) is 5.05. The van der Waals surface area contributed by atoms with E-state index in [1.165, 1.54) is 22.7 Å². The third kappa shape index (κ3) is 3.12. The Kier molecular flexibility index (Phi) is 4.00. The maximum absolute atomic E-state index is 12.2. The number of aromatic carboxylic acids is 1. The van der Waals surface area contributed by atoms with Gasteiger partial charge in [-0.2, -0.15) is 0 Å². The molecular weight excluding hydrogens is 310 g/mol. The Morgan fingerprint density at radius 3 is 2.86 bits per heavy atom. The highest BCUT2D eigenvalue weighted by Crippen LogP contribution is 2.22. The summed E-state index contributed by atoms with van der Waals surface area (Å²) in [6.45, 7) is 2.31. The molecule has 8 heteroatoms. The lowest BCUT2D eigenvalue weighted by Gasteiger charge is -2.32. The van der Waals surface area contributed by atoms with Gasteiger partial charge >= 0.3 is 5.97 Å². The molecule has 1 fully saturated rings. The Morgan fingerprint density at radius 1 is 1.38 bits per heavy atom. The topological polar surface area (TPSA) is 73.7 Å². The van der Waals surface area contributed by atoms with E-state index in [4.69, 9.17) is 5.11 Å². The fourth-order valence-electron chi connectivity index (χ4n) is 2.21. The molecule has 21 heavy (non-hydrogen) atoms. The van der Waals surface area contributed by atoms with Crippen molar-refractivity contribution in [3.8, 4) is 0 Å². The molecule has 3 rings (SSSR count). The van der Waals surface area contributed by atoms with Crippen LogP contribution in [0.3, 0.4) is 0 Å². The quantitative estimate of drug-likeness (QED) is 0.928. The normalized spacial score (nSPS) is 16.4. The molecule has 3 heterocycles. The van der Waals surface area contributed by atoms with Gasteiger partial charge in [0.15, 0.2) is 5.13 Å². The van der Waals surface area contributed by atoms with E-state index in [0.717, 1.165) is 16.6 Å².